The molecule has 0 amide bonds. The summed E-state index contributed by atoms with van der Waals surface area (Å²) in [7, 11) is 0. The molecule has 0 saturated carbocycles. The number of fused-ring (bicyclic) bond motifs is 1. The van der Waals surface area contributed by atoms with Gasteiger partial charge >= 0.3 is 0 Å². The Morgan fingerprint density at radius 2 is 1.85 bits per heavy atom. The van der Waals surface area contributed by atoms with Gasteiger partial charge in [0.15, 0.2) is 5.65 Å². The minimum Gasteiger partial charge on any atom is -0.237 e. The highest BCUT2D eigenvalue weighted by molar-refractivity contribution is 6.30. The number of rotatable bonds is 1. The minimum atomic E-state index is -0.344. The van der Waals surface area contributed by atoms with E-state index in [1.807, 2.05) is 19.9 Å². The molecule has 4 heteroatoms. The molecular weight excluding hydrogens is 275 g/mol. The quantitative estimate of drug-likeness (QED) is 0.647. The molecule has 0 radical (unpaired) electrons. The van der Waals surface area contributed by atoms with E-state index in [9.17, 15) is 4.39 Å². The lowest BCUT2D eigenvalue weighted by Crippen LogP contribution is -1.94. The van der Waals surface area contributed by atoms with Gasteiger partial charge in [-0.25, -0.2) is 14.4 Å². The molecule has 3 aromatic rings. The number of halogens is 2. The Balaban J connectivity index is 2.33. The second-order valence-electron chi connectivity index (χ2n) is 4.74. The van der Waals surface area contributed by atoms with Crippen LogP contribution < -0.4 is 0 Å². The predicted octanol–water partition coefficient (Wildman–Crippen LogP) is 4.71. The summed E-state index contributed by atoms with van der Waals surface area (Å²) < 4.78 is 14.1. The molecule has 2 aromatic heterocycles. The lowest BCUT2D eigenvalue weighted by atomic mass is 10.0. The Labute approximate surface area is 121 Å². The molecule has 20 heavy (non-hydrogen) atoms. The van der Waals surface area contributed by atoms with E-state index in [1.54, 1.807) is 24.4 Å². The zero-order chi connectivity index (χ0) is 14.3. The molecule has 0 aliphatic carbocycles. The molecule has 0 unspecified atom stereocenters. The Hall–Kier alpha value is -2.00. The highest BCUT2D eigenvalue weighted by atomic mass is 35.5. The molecule has 100 valence electrons. The smallest absolute Gasteiger partial charge is 0.159 e. The molecule has 0 aliphatic rings. The minimum absolute atomic E-state index is 0.344. The van der Waals surface area contributed by atoms with Gasteiger partial charge in [-0.1, -0.05) is 11.6 Å². The Morgan fingerprint density at radius 3 is 2.60 bits per heavy atom. The summed E-state index contributed by atoms with van der Waals surface area (Å²) in [5, 5.41) is 1.23. The van der Waals surface area contributed by atoms with Gasteiger partial charge in [0, 0.05) is 27.9 Å². The molecule has 0 aliphatic heterocycles. The number of nitrogens with zero attached hydrogens (tertiary/aromatic N) is 2. The molecule has 0 bridgehead atoms. The molecule has 0 N–H and O–H groups in total. The molecule has 0 atom stereocenters. The molecule has 0 saturated heterocycles. The van der Waals surface area contributed by atoms with Crippen LogP contribution in [0.2, 0.25) is 5.02 Å². The van der Waals surface area contributed by atoms with Crippen molar-refractivity contribution in [1.29, 1.82) is 0 Å². The van der Waals surface area contributed by atoms with Crippen LogP contribution in [0.15, 0.2) is 36.5 Å². The van der Waals surface area contributed by atoms with Gasteiger partial charge in [-0.2, -0.15) is 0 Å². The first-order valence-corrected chi connectivity index (χ1v) is 6.62. The average molecular weight is 287 g/mol. The van der Waals surface area contributed by atoms with E-state index in [0.29, 0.717) is 16.2 Å². The lowest BCUT2D eigenvalue weighted by molar-refractivity contribution is 0.631. The van der Waals surface area contributed by atoms with Gasteiger partial charge in [-0.3, -0.25) is 0 Å². The average Bonchev–Trinajstić information content (AvgIpc) is 2.40. The summed E-state index contributed by atoms with van der Waals surface area (Å²) in [6, 6.07) is 8.47. The van der Waals surface area contributed by atoms with Gasteiger partial charge in [0.25, 0.3) is 0 Å². The zero-order valence-corrected chi connectivity index (χ0v) is 11.9. The number of benzene rings is 1. The lowest BCUT2D eigenvalue weighted by Gasteiger charge is -2.09. The molecule has 2 heterocycles. The first-order chi connectivity index (χ1) is 9.56. The van der Waals surface area contributed by atoms with Gasteiger partial charge < -0.3 is 0 Å². The largest absolute Gasteiger partial charge is 0.237 e. The van der Waals surface area contributed by atoms with Crippen molar-refractivity contribution < 1.29 is 4.39 Å². The van der Waals surface area contributed by atoms with Crippen LogP contribution in [0.25, 0.3) is 22.2 Å². The van der Waals surface area contributed by atoms with Crippen LogP contribution in [-0.4, -0.2) is 9.97 Å². The second kappa shape index (κ2) is 4.84. The van der Waals surface area contributed by atoms with Crippen molar-refractivity contribution in [2.24, 2.45) is 0 Å². The van der Waals surface area contributed by atoms with Crippen molar-refractivity contribution >= 4 is 22.6 Å². The van der Waals surface area contributed by atoms with E-state index in [2.05, 4.69) is 9.97 Å². The van der Waals surface area contributed by atoms with Gasteiger partial charge in [0.05, 0.1) is 0 Å². The standard InChI is InChI=1S/C16H12ClFN2/c1-9-7-14-12(5-6-19-16(14)20-10(9)2)13-4-3-11(17)8-15(13)18/h3-8H,1-2H3. The van der Waals surface area contributed by atoms with Gasteiger partial charge in [-0.15, -0.1) is 0 Å². The maximum atomic E-state index is 14.1. The van der Waals surface area contributed by atoms with E-state index in [-0.39, 0.29) is 5.82 Å². The monoisotopic (exact) mass is 286 g/mol. The van der Waals surface area contributed by atoms with E-state index >= 15 is 0 Å². The summed E-state index contributed by atoms with van der Waals surface area (Å²) in [6.45, 7) is 3.92. The fraction of sp³-hybridized carbons (Fsp3) is 0.125. The van der Waals surface area contributed by atoms with Crippen molar-refractivity contribution in [3.63, 3.8) is 0 Å². The molecule has 0 spiro atoms. The summed E-state index contributed by atoms with van der Waals surface area (Å²) in [6.07, 6.45) is 1.65. The van der Waals surface area contributed by atoms with Crippen molar-refractivity contribution in [2.75, 3.05) is 0 Å². The van der Waals surface area contributed by atoms with Gasteiger partial charge in [0.1, 0.15) is 5.82 Å². The summed E-state index contributed by atoms with van der Waals surface area (Å²) in [5.74, 6) is -0.344. The molecular formula is C16H12ClFN2. The maximum absolute atomic E-state index is 14.1. The normalized spacial score (nSPS) is 11.0. The van der Waals surface area contributed by atoms with E-state index in [0.717, 1.165) is 22.2 Å². The summed E-state index contributed by atoms with van der Waals surface area (Å²) in [5.41, 5.74) is 3.89. The first-order valence-electron chi connectivity index (χ1n) is 6.24. The van der Waals surface area contributed by atoms with Crippen LogP contribution in [0, 0.1) is 19.7 Å². The number of hydrogen-bond acceptors (Lipinski definition) is 2. The predicted molar refractivity (Wildman–Crippen MR) is 79.4 cm³/mol. The Kier molecular flexibility index (Phi) is 3.14. The van der Waals surface area contributed by atoms with Crippen molar-refractivity contribution in [3.05, 3.63) is 58.6 Å². The highest BCUT2D eigenvalue weighted by Gasteiger charge is 2.11. The van der Waals surface area contributed by atoms with Crippen LogP contribution in [0.5, 0.6) is 0 Å². The van der Waals surface area contributed by atoms with Crippen LogP contribution >= 0.6 is 11.6 Å². The Morgan fingerprint density at radius 1 is 1.05 bits per heavy atom. The fourth-order valence-corrected chi connectivity index (χ4v) is 2.36. The first kappa shape index (κ1) is 13.0. The van der Waals surface area contributed by atoms with E-state index in [4.69, 9.17) is 11.6 Å². The highest BCUT2D eigenvalue weighted by Crippen LogP contribution is 2.31. The number of aryl methyl sites for hydroxylation is 2. The summed E-state index contributed by atoms with van der Waals surface area (Å²) >= 11 is 5.80. The SMILES string of the molecule is Cc1cc2c(-c3ccc(Cl)cc3F)ccnc2nc1C. The molecule has 0 fully saturated rings. The van der Waals surface area contributed by atoms with Crippen LogP contribution in [0.4, 0.5) is 4.39 Å². The molecule has 1 aromatic carbocycles. The van der Waals surface area contributed by atoms with Crippen molar-refractivity contribution in [2.45, 2.75) is 13.8 Å². The molecule has 3 rings (SSSR count). The summed E-state index contributed by atoms with van der Waals surface area (Å²) in [4.78, 5) is 8.71. The van der Waals surface area contributed by atoms with Crippen molar-refractivity contribution in [3.8, 4) is 11.1 Å². The van der Waals surface area contributed by atoms with Crippen molar-refractivity contribution in [1.82, 2.24) is 9.97 Å². The fourth-order valence-electron chi connectivity index (χ4n) is 2.20. The van der Waals surface area contributed by atoms with Crippen LogP contribution in [-0.2, 0) is 0 Å². The third kappa shape index (κ3) is 2.14. The van der Waals surface area contributed by atoms with E-state index < -0.39 is 0 Å². The Bertz CT molecular complexity index is 815. The van der Waals surface area contributed by atoms with Gasteiger partial charge in [0.2, 0.25) is 0 Å². The number of pyridine rings is 2. The third-order valence-corrected chi connectivity index (χ3v) is 3.63. The van der Waals surface area contributed by atoms with E-state index in [1.165, 1.54) is 6.07 Å². The number of hydrogen-bond donors (Lipinski definition) is 0. The zero-order valence-electron chi connectivity index (χ0n) is 11.1. The topological polar surface area (TPSA) is 25.8 Å². The number of aromatic nitrogens is 2. The van der Waals surface area contributed by atoms with Gasteiger partial charge in [-0.05, 0) is 55.3 Å². The maximum Gasteiger partial charge on any atom is 0.159 e. The molecule has 2 nitrogen and oxygen atoms in total. The second-order valence-corrected chi connectivity index (χ2v) is 5.18. The van der Waals surface area contributed by atoms with Crippen LogP contribution in [0.3, 0.4) is 0 Å². The van der Waals surface area contributed by atoms with Crippen LogP contribution in [0.1, 0.15) is 11.3 Å². The third-order valence-electron chi connectivity index (χ3n) is 3.40.